The number of nitrogens with two attached hydrogens (primary N) is 1. The van der Waals surface area contributed by atoms with Crippen LogP contribution in [0.1, 0.15) is 17.0 Å². The molecule has 2 aromatic rings. The van der Waals surface area contributed by atoms with Gasteiger partial charge in [-0.1, -0.05) is 23.8 Å². The molecule has 3 N–H and O–H groups in total. The van der Waals surface area contributed by atoms with E-state index in [-0.39, 0.29) is 10.7 Å². The van der Waals surface area contributed by atoms with Gasteiger partial charge in [0.25, 0.3) is 0 Å². The molecule has 1 aromatic heterocycles. The highest BCUT2D eigenvalue weighted by atomic mass is 35.5. The molecule has 6 heteroatoms. The summed E-state index contributed by atoms with van der Waals surface area (Å²) in [6, 6.07) is 6.05. The first kappa shape index (κ1) is 14.7. The maximum absolute atomic E-state index is 13.8. The maximum Gasteiger partial charge on any atom is 0.146 e. The lowest BCUT2D eigenvalue weighted by molar-refractivity contribution is 0.632. The summed E-state index contributed by atoms with van der Waals surface area (Å²) in [7, 11) is 0. The standard InChI is InChI=1S/C14H13ClFN3S/c1-7-5-12(13(14(17)20)8(2)18-7)19-11-6-9(15)3-4-10(11)16/h3-6H,1-2H3,(H2,17,20)(H,18,19). The Bertz CT molecular complexity index is 688. The molecule has 20 heavy (non-hydrogen) atoms. The maximum atomic E-state index is 13.8. The quantitative estimate of drug-likeness (QED) is 0.845. The highest BCUT2D eigenvalue weighted by Crippen LogP contribution is 2.27. The third-order valence-corrected chi connectivity index (χ3v) is 3.21. The van der Waals surface area contributed by atoms with Crippen molar-refractivity contribution < 1.29 is 4.39 Å². The number of thiocarbonyl (C=S) groups is 1. The predicted molar refractivity (Wildman–Crippen MR) is 84.3 cm³/mol. The lowest BCUT2D eigenvalue weighted by atomic mass is 10.1. The minimum absolute atomic E-state index is 0.208. The zero-order chi connectivity index (χ0) is 14.9. The second kappa shape index (κ2) is 5.73. The summed E-state index contributed by atoms with van der Waals surface area (Å²) >= 11 is 10.9. The van der Waals surface area contributed by atoms with Crippen molar-refractivity contribution in [2.75, 3.05) is 5.32 Å². The van der Waals surface area contributed by atoms with Crippen LogP contribution in [0.2, 0.25) is 5.02 Å². The number of nitrogens with zero attached hydrogens (tertiary/aromatic N) is 1. The van der Waals surface area contributed by atoms with Gasteiger partial charge in [0.1, 0.15) is 10.8 Å². The average Bonchev–Trinajstić information content (AvgIpc) is 2.32. The van der Waals surface area contributed by atoms with Gasteiger partial charge in [0.2, 0.25) is 0 Å². The van der Waals surface area contributed by atoms with E-state index in [4.69, 9.17) is 29.6 Å². The number of pyridine rings is 1. The van der Waals surface area contributed by atoms with Gasteiger partial charge in [-0.05, 0) is 38.1 Å². The van der Waals surface area contributed by atoms with Crippen molar-refractivity contribution in [1.82, 2.24) is 4.98 Å². The summed E-state index contributed by atoms with van der Waals surface area (Å²) in [6.45, 7) is 3.65. The molecule has 1 heterocycles. The van der Waals surface area contributed by atoms with Crippen molar-refractivity contribution in [3.05, 3.63) is 52.1 Å². The molecule has 0 aliphatic carbocycles. The Morgan fingerprint density at radius 3 is 2.65 bits per heavy atom. The highest BCUT2D eigenvalue weighted by molar-refractivity contribution is 7.80. The van der Waals surface area contributed by atoms with Crippen LogP contribution in [0.3, 0.4) is 0 Å². The van der Waals surface area contributed by atoms with Crippen molar-refractivity contribution in [3.63, 3.8) is 0 Å². The van der Waals surface area contributed by atoms with E-state index in [9.17, 15) is 4.39 Å². The number of rotatable bonds is 3. The fourth-order valence-corrected chi connectivity index (χ4v) is 2.41. The van der Waals surface area contributed by atoms with E-state index in [1.807, 2.05) is 6.92 Å². The summed E-state index contributed by atoms with van der Waals surface area (Å²) < 4.78 is 13.8. The Morgan fingerprint density at radius 2 is 2.00 bits per heavy atom. The predicted octanol–water partition coefficient (Wildman–Crippen LogP) is 3.87. The number of hydrogen-bond donors (Lipinski definition) is 2. The molecule has 1 aromatic carbocycles. The number of aromatic nitrogens is 1. The minimum atomic E-state index is -0.407. The molecule has 0 amide bonds. The van der Waals surface area contributed by atoms with Gasteiger partial charge in [0.05, 0.1) is 16.9 Å². The summed E-state index contributed by atoms with van der Waals surface area (Å²) in [5.74, 6) is -0.407. The van der Waals surface area contributed by atoms with E-state index in [1.165, 1.54) is 18.2 Å². The first-order valence-corrected chi connectivity index (χ1v) is 6.67. The Morgan fingerprint density at radius 1 is 1.30 bits per heavy atom. The van der Waals surface area contributed by atoms with Crippen LogP contribution in [0.25, 0.3) is 0 Å². The van der Waals surface area contributed by atoms with E-state index >= 15 is 0 Å². The fourth-order valence-electron chi connectivity index (χ4n) is 1.98. The number of hydrogen-bond acceptors (Lipinski definition) is 3. The molecule has 0 aliphatic heterocycles. The van der Waals surface area contributed by atoms with E-state index in [0.29, 0.717) is 22.0 Å². The van der Waals surface area contributed by atoms with Gasteiger partial charge >= 0.3 is 0 Å². The van der Waals surface area contributed by atoms with Crippen LogP contribution < -0.4 is 11.1 Å². The van der Waals surface area contributed by atoms with Gasteiger partial charge in [0, 0.05) is 16.4 Å². The smallest absolute Gasteiger partial charge is 0.146 e. The number of halogens is 2. The molecule has 0 saturated carbocycles. The van der Waals surface area contributed by atoms with Crippen LogP contribution in [0, 0.1) is 19.7 Å². The molecule has 0 aliphatic rings. The van der Waals surface area contributed by atoms with Crippen LogP contribution >= 0.6 is 23.8 Å². The van der Waals surface area contributed by atoms with E-state index in [2.05, 4.69) is 10.3 Å². The first-order valence-electron chi connectivity index (χ1n) is 5.88. The number of aryl methyl sites for hydroxylation is 2. The number of nitrogens with one attached hydrogen (secondary N) is 1. The number of benzene rings is 1. The Labute approximate surface area is 127 Å². The van der Waals surface area contributed by atoms with Gasteiger partial charge < -0.3 is 11.1 Å². The van der Waals surface area contributed by atoms with Gasteiger partial charge in [-0.2, -0.15) is 0 Å². The summed E-state index contributed by atoms with van der Waals surface area (Å²) in [5, 5.41) is 3.42. The van der Waals surface area contributed by atoms with Crippen molar-refractivity contribution in [2.24, 2.45) is 5.73 Å². The van der Waals surface area contributed by atoms with Gasteiger partial charge in [0.15, 0.2) is 0 Å². The normalized spacial score (nSPS) is 10.4. The van der Waals surface area contributed by atoms with Crippen LogP contribution in [-0.2, 0) is 0 Å². The van der Waals surface area contributed by atoms with E-state index < -0.39 is 5.82 Å². The fraction of sp³-hybridized carbons (Fsp3) is 0.143. The molecule has 0 atom stereocenters. The summed E-state index contributed by atoms with van der Waals surface area (Å²) in [5.41, 5.74) is 8.68. The zero-order valence-electron chi connectivity index (χ0n) is 11.0. The molecule has 0 unspecified atom stereocenters. The average molecular weight is 310 g/mol. The second-order valence-electron chi connectivity index (χ2n) is 4.39. The van der Waals surface area contributed by atoms with Crippen LogP contribution in [-0.4, -0.2) is 9.97 Å². The van der Waals surface area contributed by atoms with Crippen LogP contribution in [0.15, 0.2) is 24.3 Å². The number of anilines is 2. The molecule has 0 spiro atoms. The molecule has 0 fully saturated rings. The SMILES string of the molecule is Cc1cc(Nc2cc(Cl)ccc2F)c(C(N)=S)c(C)n1. The zero-order valence-corrected chi connectivity index (χ0v) is 12.6. The third-order valence-electron chi connectivity index (χ3n) is 2.77. The molecular weight excluding hydrogens is 297 g/mol. The topological polar surface area (TPSA) is 50.9 Å². The van der Waals surface area contributed by atoms with E-state index in [1.54, 1.807) is 13.0 Å². The Hall–Kier alpha value is -1.72. The molecule has 2 rings (SSSR count). The molecule has 0 bridgehead atoms. The molecule has 0 radical (unpaired) electrons. The van der Waals surface area contributed by atoms with Gasteiger partial charge in [-0.3, -0.25) is 4.98 Å². The molecule has 104 valence electrons. The second-order valence-corrected chi connectivity index (χ2v) is 5.26. The van der Waals surface area contributed by atoms with Crippen LogP contribution in [0.4, 0.5) is 15.8 Å². The lowest BCUT2D eigenvalue weighted by Crippen LogP contribution is -2.15. The third kappa shape index (κ3) is 3.05. The Kier molecular flexibility index (Phi) is 4.20. The largest absolute Gasteiger partial charge is 0.389 e. The van der Waals surface area contributed by atoms with Crippen molar-refractivity contribution in [2.45, 2.75) is 13.8 Å². The summed E-state index contributed by atoms with van der Waals surface area (Å²) in [6.07, 6.45) is 0. The van der Waals surface area contributed by atoms with Crippen molar-refractivity contribution in [3.8, 4) is 0 Å². The monoisotopic (exact) mass is 309 g/mol. The van der Waals surface area contributed by atoms with Gasteiger partial charge in [-0.25, -0.2) is 4.39 Å². The summed E-state index contributed by atoms with van der Waals surface area (Å²) in [4.78, 5) is 4.52. The van der Waals surface area contributed by atoms with Crippen LogP contribution in [0.5, 0.6) is 0 Å². The highest BCUT2D eigenvalue weighted by Gasteiger charge is 2.13. The van der Waals surface area contributed by atoms with Crippen molar-refractivity contribution in [1.29, 1.82) is 0 Å². The van der Waals surface area contributed by atoms with Gasteiger partial charge in [-0.15, -0.1) is 0 Å². The van der Waals surface area contributed by atoms with E-state index in [0.717, 1.165) is 5.69 Å². The lowest BCUT2D eigenvalue weighted by Gasteiger charge is -2.15. The molecule has 3 nitrogen and oxygen atoms in total. The minimum Gasteiger partial charge on any atom is -0.389 e. The Balaban J connectivity index is 2.53. The molecule has 0 saturated heterocycles. The van der Waals surface area contributed by atoms with Crippen molar-refractivity contribution >= 4 is 40.2 Å². The molecular formula is C14H13ClFN3S. The first-order chi connectivity index (χ1) is 9.38.